The number of nitrogens with two attached hydrogens (primary N) is 1. The number of hydrogen-bond donors (Lipinski definition) is 2. The van der Waals surface area contributed by atoms with Crippen molar-refractivity contribution in [2.24, 2.45) is 11.7 Å². The van der Waals surface area contributed by atoms with Crippen molar-refractivity contribution in [2.45, 2.75) is 44.1 Å². The van der Waals surface area contributed by atoms with Gasteiger partial charge in [0.05, 0.1) is 12.1 Å². The molecule has 2 rings (SSSR count). The summed E-state index contributed by atoms with van der Waals surface area (Å²) in [5.41, 5.74) is 5.61. The first kappa shape index (κ1) is 11.9. The standard InChI is InChI=1S/C12H22N2O2/c13-9-12(5-1-2-6-12)14-11(15)8-16-7-10-3-4-10/h10H,1-9,13H2,(H,14,15). The third-order valence-electron chi connectivity index (χ3n) is 3.64. The first-order valence-electron chi connectivity index (χ1n) is 6.33. The number of hydrogen-bond acceptors (Lipinski definition) is 3. The third kappa shape index (κ3) is 3.19. The number of nitrogens with one attached hydrogen (secondary N) is 1. The first-order chi connectivity index (χ1) is 7.74. The smallest absolute Gasteiger partial charge is 0.246 e. The van der Waals surface area contributed by atoms with Gasteiger partial charge >= 0.3 is 0 Å². The number of rotatable bonds is 6. The van der Waals surface area contributed by atoms with Gasteiger partial charge in [-0.15, -0.1) is 0 Å². The molecule has 4 heteroatoms. The highest BCUT2D eigenvalue weighted by Crippen LogP contribution is 2.29. The minimum absolute atomic E-state index is 0.00648. The van der Waals surface area contributed by atoms with E-state index in [-0.39, 0.29) is 18.1 Å². The Balaban J connectivity index is 1.67. The molecule has 0 heterocycles. The molecule has 0 spiro atoms. The highest BCUT2D eigenvalue weighted by atomic mass is 16.5. The van der Waals surface area contributed by atoms with E-state index < -0.39 is 0 Å². The third-order valence-corrected chi connectivity index (χ3v) is 3.64. The zero-order valence-corrected chi connectivity index (χ0v) is 9.84. The van der Waals surface area contributed by atoms with Crippen LogP contribution in [0.1, 0.15) is 38.5 Å². The van der Waals surface area contributed by atoms with Gasteiger partial charge in [0, 0.05) is 6.54 Å². The van der Waals surface area contributed by atoms with Crippen LogP contribution < -0.4 is 11.1 Å². The van der Waals surface area contributed by atoms with E-state index >= 15 is 0 Å². The van der Waals surface area contributed by atoms with Gasteiger partial charge in [-0.1, -0.05) is 12.8 Å². The van der Waals surface area contributed by atoms with Gasteiger partial charge in [0.25, 0.3) is 0 Å². The SMILES string of the molecule is NCC1(NC(=O)COCC2CC2)CCCC1. The molecule has 0 bridgehead atoms. The van der Waals surface area contributed by atoms with Gasteiger partial charge in [0.2, 0.25) is 5.91 Å². The lowest BCUT2D eigenvalue weighted by Crippen LogP contribution is -2.52. The highest BCUT2D eigenvalue weighted by Gasteiger charge is 2.33. The Labute approximate surface area is 96.9 Å². The normalized spacial score (nSPS) is 23.3. The molecule has 3 N–H and O–H groups in total. The summed E-state index contributed by atoms with van der Waals surface area (Å²) in [6.07, 6.45) is 6.87. The van der Waals surface area contributed by atoms with Crippen molar-refractivity contribution in [3.05, 3.63) is 0 Å². The Morgan fingerprint density at radius 2 is 2.06 bits per heavy atom. The van der Waals surface area contributed by atoms with Crippen LogP contribution in [-0.2, 0) is 9.53 Å². The van der Waals surface area contributed by atoms with Crippen LogP contribution in [0, 0.1) is 5.92 Å². The van der Waals surface area contributed by atoms with Crippen molar-refractivity contribution in [3.8, 4) is 0 Å². The van der Waals surface area contributed by atoms with Gasteiger partial charge in [0.15, 0.2) is 0 Å². The zero-order valence-electron chi connectivity index (χ0n) is 9.84. The Morgan fingerprint density at radius 1 is 1.38 bits per heavy atom. The van der Waals surface area contributed by atoms with Crippen LogP contribution in [0.15, 0.2) is 0 Å². The summed E-state index contributed by atoms with van der Waals surface area (Å²) in [5.74, 6) is 0.704. The second-order valence-corrected chi connectivity index (χ2v) is 5.20. The van der Waals surface area contributed by atoms with Crippen LogP contribution in [0.2, 0.25) is 0 Å². The topological polar surface area (TPSA) is 64.3 Å². The average molecular weight is 226 g/mol. The van der Waals surface area contributed by atoms with Crippen LogP contribution in [-0.4, -0.2) is 31.2 Å². The van der Waals surface area contributed by atoms with Gasteiger partial charge < -0.3 is 15.8 Å². The van der Waals surface area contributed by atoms with Gasteiger partial charge in [-0.05, 0) is 31.6 Å². The molecule has 1 amide bonds. The largest absolute Gasteiger partial charge is 0.371 e. The van der Waals surface area contributed by atoms with E-state index in [2.05, 4.69) is 5.32 Å². The Morgan fingerprint density at radius 3 is 2.62 bits per heavy atom. The monoisotopic (exact) mass is 226 g/mol. The Hall–Kier alpha value is -0.610. The van der Waals surface area contributed by atoms with Crippen molar-refractivity contribution in [2.75, 3.05) is 19.8 Å². The summed E-state index contributed by atoms with van der Waals surface area (Å²) in [6.45, 7) is 1.47. The highest BCUT2D eigenvalue weighted by molar-refractivity contribution is 5.78. The van der Waals surface area contributed by atoms with Crippen LogP contribution >= 0.6 is 0 Å². The van der Waals surface area contributed by atoms with Crippen molar-refractivity contribution >= 4 is 5.91 Å². The molecule has 0 aromatic carbocycles. The lowest BCUT2D eigenvalue weighted by Gasteiger charge is -2.28. The predicted molar refractivity (Wildman–Crippen MR) is 61.9 cm³/mol. The molecule has 0 atom stereocenters. The first-order valence-corrected chi connectivity index (χ1v) is 6.33. The molecule has 0 unspecified atom stereocenters. The maximum atomic E-state index is 11.7. The van der Waals surface area contributed by atoms with E-state index in [0.29, 0.717) is 12.5 Å². The van der Waals surface area contributed by atoms with E-state index in [4.69, 9.17) is 10.5 Å². The second kappa shape index (κ2) is 5.15. The van der Waals surface area contributed by atoms with Crippen LogP contribution in [0.4, 0.5) is 0 Å². The minimum Gasteiger partial charge on any atom is -0.371 e. The molecule has 92 valence electrons. The van der Waals surface area contributed by atoms with Crippen molar-refractivity contribution in [1.29, 1.82) is 0 Å². The molecule has 0 aliphatic heterocycles. The molecular formula is C12H22N2O2. The molecule has 2 fully saturated rings. The summed E-state index contributed by atoms with van der Waals surface area (Å²) in [5, 5.41) is 3.05. The molecule has 2 aliphatic carbocycles. The van der Waals surface area contributed by atoms with Crippen molar-refractivity contribution in [3.63, 3.8) is 0 Å². The van der Waals surface area contributed by atoms with Crippen LogP contribution in [0.25, 0.3) is 0 Å². The van der Waals surface area contributed by atoms with Gasteiger partial charge in [-0.3, -0.25) is 4.79 Å². The fraction of sp³-hybridized carbons (Fsp3) is 0.917. The average Bonchev–Trinajstić information content (AvgIpc) is 2.98. The summed E-state index contributed by atoms with van der Waals surface area (Å²) in [4.78, 5) is 11.7. The molecule has 16 heavy (non-hydrogen) atoms. The molecular weight excluding hydrogens is 204 g/mol. The predicted octanol–water partition coefficient (Wildman–Crippen LogP) is 0.801. The molecule has 0 aromatic rings. The molecule has 4 nitrogen and oxygen atoms in total. The Bertz CT molecular complexity index is 245. The lowest BCUT2D eigenvalue weighted by atomic mass is 9.98. The maximum absolute atomic E-state index is 11.7. The molecule has 0 aromatic heterocycles. The number of amides is 1. The molecule has 2 saturated carbocycles. The second-order valence-electron chi connectivity index (χ2n) is 5.20. The maximum Gasteiger partial charge on any atom is 0.246 e. The summed E-state index contributed by atoms with van der Waals surface area (Å²) < 4.78 is 5.37. The van der Waals surface area contributed by atoms with E-state index in [1.165, 1.54) is 25.7 Å². The summed E-state index contributed by atoms with van der Waals surface area (Å²) in [6, 6.07) is 0. The van der Waals surface area contributed by atoms with Crippen molar-refractivity contribution in [1.82, 2.24) is 5.32 Å². The van der Waals surface area contributed by atoms with E-state index in [0.717, 1.165) is 19.4 Å². The zero-order chi connectivity index (χ0) is 11.4. The minimum atomic E-state index is -0.139. The lowest BCUT2D eigenvalue weighted by molar-refractivity contribution is -0.127. The number of carbonyl (C=O) groups is 1. The molecule has 2 aliphatic rings. The van der Waals surface area contributed by atoms with E-state index in [1.807, 2.05) is 0 Å². The van der Waals surface area contributed by atoms with Crippen LogP contribution in [0.5, 0.6) is 0 Å². The number of ether oxygens (including phenoxy) is 1. The van der Waals surface area contributed by atoms with Crippen molar-refractivity contribution < 1.29 is 9.53 Å². The Kier molecular flexibility index (Phi) is 3.82. The quantitative estimate of drug-likeness (QED) is 0.704. The number of carbonyl (C=O) groups excluding carboxylic acids is 1. The van der Waals surface area contributed by atoms with Gasteiger partial charge in [0.1, 0.15) is 6.61 Å². The van der Waals surface area contributed by atoms with E-state index in [9.17, 15) is 4.79 Å². The fourth-order valence-corrected chi connectivity index (χ4v) is 2.37. The molecule has 0 radical (unpaired) electrons. The van der Waals surface area contributed by atoms with Gasteiger partial charge in [-0.25, -0.2) is 0 Å². The van der Waals surface area contributed by atoms with Gasteiger partial charge in [-0.2, -0.15) is 0 Å². The van der Waals surface area contributed by atoms with Crippen LogP contribution in [0.3, 0.4) is 0 Å². The fourth-order valence-electron chi connectivity index (χ4n) is 2.37. The molecule has 0 saturated heterocycles. The summed E-state index contributed by atoms with van der Waals surface area (Å²) >= 11 is 0. The van der Waals surface area contributed by atoms with E-state index in [1.54, 1.807) is 0 Å². The summed E-state index contributed by atoms with van der Waals surface area (Å²) in [7, 11) is 0.